The topological polar surface area (TPSA) is 115 Å². The molecule has 5 aliphatic rings. The van der Waals surface area contributed by atoms with Crippen molar-refractivity contribution in [1.82, 2.24) is 20.6 Å². The van der Waals surface area contributed by atoms with Crippen molar-refractivity contribution >= 4 is 107 Å². The maximum Gasteiger partial charge on any atom is 0.170 e. The van der Waals surface area contributed by atoms with Gasteiger partial charge in [0.1, 0.15) is 23.2 Å². The van der Waals surface area contributed by atoms with Crippen LogP contribution in [0.1, 0.15) is 10.4 Å². The van der Waals surface area contributed by atoms with Crippen LogP contribution in [0.4, 0.5) is 11.4 Å². The highest BCUT2D eigenvalue weighted by molar-refractivity contribution is 7.23. The number of rotatable bonds is 6. The van der Waals surface area contributed by atoms with Crippen molar-refractivity contribution < 1.29 is 10.2 Å². The van der Waals surface area contributed by atoms with Gasteiger partial charge >= 0.3 is 0 Å². The number of aliphatic imine (C=N–C) groups is 1. The highest BCUT2D eigenvalue weighted by Gasteiger charge is 2.43. The summed E-state index contributed by atoms with van der Waals surface area (Å²) in [6, 6.07) is 37.5. The normalized spacial score (nSPS) is 19.3. The molecule has 5 N–H and O–H groups in total. The van der Waals surface area contributed by atoms with E-state index < -0.39 is 0 Å². The molecule has 12 heteroatoms. The molecule has 0 bridgehead atoms. The molecule has 5 aromatic heterocycles. The van der Waals surface area contributed by atoms with Crippen molar-refractivity contribution in [3.63, 3.8) is 0 Å². The summed E-state index contributed by atoms with van der Waals surface area (Å²) in [5, 5.41) is 44.1. The van der Waals surface area contributed by atoms with Gasteiger partial charge in [-0.3, -0.25) is 0 Å². The lowest BCUT2D eigenvalue weighted by Crippen LogP contribution is -2.41. The Morgan fingerprint density at radius 1 is 0.569 bits per heavy atom. The molecule has 8 nitrogen and oxygen atoms in total. The molecule has 0 amide bonds. The molecule has 0 radical (unpaired) electrons. The summed E-state index contributed by atoms with van der Waals surface area (Å²) in [5.41, 5.74) is 8.40. The third-order valence-electron chi connectivity index (χ3n) is 12.9. The van der Waals surface area contributed by atoms with Crippen LogP contribution in [0.15, 0.2) is 189 Å². The molecule has 2 unspecified atom stereocenters. The Morgan fingerprint density at radius 2 is 1.31 bits per heavy atom. The lowest BCUT2D eigenvalue weighted by molar-refractivity contribution is 0.346. The Balaban J connectivity index is 0.772. The SMILES string of the molecule is OC1=C(c2ccc3c4c(cccc24)NC(c2ccc(-c4cccs4)s2)=N3)C(O)=C1C1C=CC2=C3C(=CC=CC31)NC(=c1ccc3nc(-c4ccc(-c5cccs5)s4)nc4cccc1c43)N2. The van der Waals surface area contributed by atoms with Crippen LogP contribution >= 0.6 is 45.3 Å². The zero-order chi connectivity index (χ0) is 42.9. The minimum atomic E-state index is -0.278. The van der Waals surface area contributed by atoms with E-state index in [0.717, 1.165) is 98.9 Å². The number of nitrogens with zero attached hydrogens (tertiary/aromatic N) is 3. The number of aliphatic hydroxyl groups excluding tert-OH is 2. The van der Waals surface area contributed by atoms with Crippen molar-refractivity contribution in [2.45, 2.75) is 0 Å². The second kappa shape index (κ2) is 14.1. The summed E-state index contributed by atoms with van der Waals surface area (Å²) in [7, 11) is 0. The fraction of sp³-hybridized carbons (Fsp3) is 0.0377. The van der Waals surface area contributed by atoms with Crippen LogP contribution < -0.4 is 21.2 Å². The van der Waals surface area contributed by atoms with Gasteiger partial charge in [-0.25, -0.2) is 15.0 Å². The predicted octanol–water partition coefficient (Wildman–Crippen LogP) is 13.0. The van der Waals surface area contributed by atoms with Crippen LogP contribution in [0.3, 0.4) is 0 Å². The maximum atomic E-state index is 11.9. The summed E-state index contributed by atoms with van der Waals surface area (Å²) in [5.74, 6) is 2.24. The van der Waals surface area contributed by atoms with E-state index in [1.165, 1.54) is 19.5 Å². The highest BCUT2D eigenvalue weighted by Crippen LogP contribution is 2.52. The molecule has 0 spiro atoms. The van der Waals surface area contributed by atoms with Crippen molar-refractivity contribution in [2.75, 3.05) is 5.32 Å². The Bertz CT molecular complexity index is 3820. The largest absolute Gasteiger partial charge is 0.507 e. The van der Waals surface area contributed by atoms with E-state index in [1.54, 1.807) is 45.3 Å². The molecule has 4 aromatic carbocycles. The van der Waals surface area contributed by atoms with E-state index in [4.69, 9.17) is 15.0 Å². The number of benzene rings is 4. The number of aromatic nitrogens is 2. The Labute approximate surface area is 387 Å². The first-order chi connectivity index (χ1) is 32.0. The van der Waals surface area contributed by atoms with Crippen molar-refractivity contribution in [3.05, 3.63) is 200 Å². The van der Waals surface area contributed by atoms with E-state index in [-0.39, 0.29) is 23.4 Å². The molecular weight excluding hydrogens is 881 g/mol. The monoisotopic (exact) mass is 912 g/mol. The molecule has 2 atom stereocenters. The molecule has 3 aliphatic carbocycles. The summed E-state index contributed by atoms with van der Waals surface area (Å²) < 4.78 is 0. The maximum absolute atomic E-state index is 11.9. The third-order valence-corrected chi connectivity index (χ3v) is 17.2. The van der Waals surface area contributed by atoms with E-state index in [0.29, 0.717) is 11.1 Å². The number of allylic oxidation sites excluding steroid dienone is 8. The fourth-order valence-electron chi connectivity index (χ4n) is 9.96. The fourth-order valence-corrected chi connectivity index (χ4v) is 13.5. The third kappa shape index (κ3) is 5.61. The molecule has 9 aromatic rings. The summed E-state index contributed by atoms with van der Waals surface area (Å²) in [6.45, 7) is 0. The van der Waals surface area contributed by atoms with Crippen LogP contribution in [-0.4, -0.2) is 26.0 Å². The number of hydrogen-bond acceptors (Lipinski definition) is 12. The molecule has 7 heterocycles. The zero-order valence-electron chi connectivity index (χ0n) is 34.0. The van der Waals surface area contributed by atoms with Gasteiger partial charge < -0.3 is 26.2 Å². The molecule has 0 saturated heterocycles. The standard InChI is InChI=1S/C53H32N6O2S4/c60-49-47(50(61)48(49)30-15-18-36-45-27(30)7-2-10-33(45)56-52(58-36)42-22-20-40(64-42)38-12-4-24-62-38)29-14-17-35-44-26(29)6-1-9-32(44)54-51(55-35)31-16-19-37-46-28(31)8-3-11-34(46)57-53(59-37)43-23-21-41(65-43)39-13-5-25-63-39/h1-26,29,54-55,60-61H,(H,56,58). The van der Waals surface area contributed by atoms with Crippen LogP contribution in [0.5, 0.6) is 0 Å². The van der Waals surface area contributed by atoms with Gasteiger partial charge in [-0.1, -0.05) is 60.7 Å². The Morgan fingerprint density at radius 3 is 2.11 bits per heavy atom. The smallest absolute Gasteiger partial charge is 0.170 e. The van der Waals surface area contributed by atoms with Crippen LogP contribution in [0.25, 0.3) is 74.2 Å². The van der Waals surface area contributed by atoms with Crippen LogP contribution in [0, 0.1) is 11.8 Å². The van der Waals surface area contributed by atoms with Gasteiger partial charge in [-0.15, -0.1) is 45.3 Å². The van der Waals surface area contributed by atoms with Gasteiger partial charge in [-0.05, 0) is 106 Å². The lowest BCUT2D eigenvalue weighted by Gasteiger charge is -2.40. The quantitative estimate of drug-likeness (QED) is 0.113. The molecule has 310 valence electrons. The van der Waals surface area contributed by atoms with Gasteiger partial charge in [0.2, 0.25) is 0 Å². The summed E-state index contributed by atoms with van der Waals surface area (Å²) >= 11 is 6.90. The predicted molar refractivity (Wildman–Crippen MR) is 270 cm³/mol. The number of aliphatic hydroxyl groups is 2. The number of hydrogen-bond donors (Lipinski definition) is 5. The first-order valence-corrected chi connectivity index (χ1v) is 24.6. The van der Waals surface area contributed by atoms with Crippen molar-refractivity contribution in [2.24, 2.45) is 16.8 Å². The first-order valence-electron chi connectivity index (χ1n) is 21.2. The average Bonchev–Trinajstić information content (AvgIpc) is 4.20. The minimum Gasteiger partial charge on any atom is -0.507 e. The van der Waals surface area contributed by atoms with E-state index in [9.17, 15) is 10.2 Å². The van der Waals surface area contributed by atoms with Gasteiger partial charge in [0, 0.05) is 75.6 Å². The zero-order valence-corrected chi connectivity index (χ0v) is 37.2. The molecular formula is C53H32N6O2S4. The second-order valence-electron chi connectivity index (χ2n) is 16.4. The molecule has 2 aliphatic heterocycles. The van der Waals surface area contributed by atoms with Gasteiger partial charge in [-0.2, -0.15) is 0 Å². The van der Waals surface area contributed by atoms with Gasteiger partial charge in [0.25, 0.3) is 0 Å². The Hall–Kier alpha value is -7.35. The molecule has 65 heavy (non-hydrogen) atoms. The highest BCUT2D eigenvalue weighted by atomic mass is 32.1. The van der Waals surface area contributed by atoms with E-state index in [2.05, 4.69) is 142 Å². The number of thiophene rings is 4. The van der Waals surface area contributed by atoms with E-state index in [1.807, 2.05) is 24.3 Å². The van der Waals surface area contributed by atoms with Crippen LogP contribution in [0.2, 0.25) is 0 Å². The lowest BCUT2D eigenvalue weighted by atomic mass is 9.69. The molecule has 0 fully saturated rings. The van der Waals surface area contributed by atoms with Crippen molar-refractivity contribution in [1.29, 1.82) is 0 Å². The number of nitrogens with one attached hydrogen (secondary N) is 3. The van der Waals surface area contributed by atoms with Gasteiger partial charge in [0.05, 0.1) is 32.0 Å². The second-order valence-corrected chi connectivity index (χ2v) is 20.5. The number of amidine groups is 1. The van der Waals surface area contributed by atoms with Crippen LogP contribution in [-0.2, 0) is 0 Å². The van der Waals surface area contributed by atoms with Gasteiger partial charge in [0.15, 0.2) is 5.82 Å². The summed E-state index contributed by atoms with van der Waals surface area (Å²) in [6.07, 6.45) is 10.5. The minimum absolute atomic E-state index is 0.116. The average molecular weight is 913 g/mol. The molecule has 0 saturated carbocycles. The molecule has 14 rings (SSSR count). The Kier molecular flexibility index (Phi) is 8.03. The summed E-state index contributed by atoms with van der Waals surface area (Å²) in [4.78, 5) is 22.2. The van der Waals surface area contributed by atoms with E-state index >= 15 is 0 Å². The number of anilines is 1. The first kappa shape index (κ1) is 37.1. The van der Waals surface area contributed by atoms with Crippen molar-refractivity contribution in [3.8, 4) is 30.2 Å².